The minimum absolute atomic E-state index is 0.221. The fourth-order valence-corrected chi connectivity index (χ4v) is 5.04. The summed E-state index contributed by atoms with van der Waals surface area (Å²) in [6.07, 6.45) is 2.31. The Morgan fingerprint density at radius 3 is 2.24 bits per heavy atom. The Kier molecular flexibility index (Phi) is 7.88. The predicted octanol–water partition coefficient (Wildman–Crippen LogP) is 5.50. The molecule has 0 spiro atoms. The maximum absolute atomic E-state index is 12.4. The molecule has 6 rings (SSSR count). The van der Waals surface area contributed by atoms with E-state index in [-0.39, 0.29) is 6.03 Å². The fourth-order valence-electron chi connectivity index (χ4n) is 5.04. The van der Waals surface area contributed by atoms with Crippen LogP contribution in [-0.2, 0) is 6.42 Å². The number of carbonyl (C=O) groups is 1. The van der Waals surface area contributed by atoms with E-state index in [4.69, 9.17) is 4.42 Å². The highest BCUT2D eigenvalue weighted by Gasteiger charge is 2.22. The Labute approximate surface area is 239 Å². The molecule has 3 heterocycles. The average Bonchev–Trinajstić information content (AvgIpc) is 3.41. The number of rotatable bonds is 8. The van der Waals surface area contributed by atoms with Gasteiger partial charge in [0.05, 0.1) is 5.39 Å². The van der Waals surface area contributed by atoms with Crippen molar-refractivity contribution in [1.29, 1.82) is 0 Å². The lowest BCUT2D eigenvalue weighted by Crippen LogP contribution is -2.53. The van der Waals surface area contributed by atoms with Gasteiger partial charge in [0.2, 0.25) is 5.71 Å². The van der Waals surface area contributed by atoms with E-state index in [0.717, 1.165) is 77.5 Å². The molecule has 1 aliphatic heterocycles. The van der Waals surface area contributed by atoms with E-state index in [9.17, 15) is 4.79 Å². The lowest BCUT2D eigenvalue weighted by molar-refractivity contribution is 0.116. The van der Waals surface area contributed by atoms with Crippen molar-refractivity contribution in [2.24, 2.45) is 0 Å². The maximum atomic E-state index is 12.4. The molecule has 0 saturated carbocycles. The highest BCUT2D eigenvalue weighted by Crippen LogP contribution is 2.42. The molecule has 208 valence electrons. The molecule has 9 nitrogen and oxygen atoms in total. The van der Waals surface area contributed by atoms with Crippen molar-refractivity contribution in [2.45, 2.75) is 6.42 Å². The van der Waals surface area contributed by atoms with Gasteiger partial charge in [0, 0.05) is 49.5 Å². The molecule has 0 unspecified atom stereocenters. The number of hydrazine groups is 1. The van der Waals surface area contributed by atoms with Crippen LogP contribution in [0.3, 0.4) is 0 Å². The van der Waals surface area contributed by atoms with Gasteiger partial charge in [-0.15, -0.1) is 0 Å². The van der Waals surface area contributed by atoms with Crippen LogP contribution in [0, 0.1) is 0 Å². The molecule has 0 atom stereocenters. The molecule has 3 N–H and O–H groups in total. The van der Waals surface area contributed by atoms with Gasteiger partial charge in [0.1, 0.15) is 17.9 Å². The number of hydrogen-bond acceptors (Lipinski definition) is 7. The Bertz CT molecular complexity index is 1600. The zero-order chi connectivity index (χ0) is 28.0. The third kappa shape index (κ3) is 6.21. The lowest BCUT2D eigenvalue weighted by atomic mass is 9.99. The lowest BCUT2D eigenvalue weighted by Gasteiger charge is -2.32. The molecule has 5 aromatic rings. The summed E-state index contributed by atoms with van der Waals surface area (Å²) in [6.45, 7) is 4.17. The van der Waals surface area contributed by atoms with Gasteiger partial charge in [0.25, 0.3) is 0 Å². The number of fused-ring (bicyclic) bond motifs is 1. The minimum atomic E-state index is -0.221. The highest BCUT2D eigenvalue weighted by atomic mass is 16.3. The number of likely N-dealkylation sites (N-methyl/N-ethyl adjacent to an activating group) is 1. The first-order valence-electron chi connectivity index (χ1n) is 13.9. The van der Waals surface area contributed by atoms with Crippen LogP contribution in [0.25, 0.3) is 33.6 Å². The van der Waals surface area contributed by atoms with Gasteiger partial charge in [0.15, 0.2) is 0 Å². The number of benzene rings is 3. The third-order valence-electron chi connectivity index (χ3n) is 7.27. The van der Waals surface area contributed by atoms with Gasteiger partial charge in [-0.05, 0) is 36.7 Å². The van der Waals surface area contributed by atoms with E-state index in [1.54, 1.807) is 0 Å². The van der Waals surface area contributed by atoms with Gasteiger partial charge in [-0.25, -0.2) is 19.8 Å². The molecule has 9 heteroatoms. The smallest absolute Gasteiger partial charge is 0.333 e. The van der Waals surface area contributed by atoms with Crippen molar-refractivity contribution >= 4 is 28.6 Å². The van der Waals surface area contributed by atoms with Crippen LogP contribution in [0.5, 0.6) is 0 Å². The van der Waals surface area contributed by atoms with Crippen molar-refractivity contribution < 1.29 is 9.21 Å². The topological polar surface area (TPSA) is 98.6 Å². The summed E-state index contributed by atoms with van der Waals surface area (Å²) in [5.74, 6) is 1.51. The molecule has 2 amide bonds. The quantitative estimate of drug-likeness (QED) is 0.236. The number of anilines is 2. The van der Waals surface area contributed by atoms with Crippen LogP contribution >= 0.6 is 0 Å². The van der Waals surface area contributed by atoms with Crippen molar-refractivity contribution in [3.8, 4) is 22.5 Å². The SMILES string of the molecule is CN1CCN(NC(=O)Nc2ccc(CCNc3ncnc4oc(-c5ccccc5)c(-c5ccccc5)c34)cc2)CC1. The van der Waals surface area contributed by atoms with E-state index in [1.807, 2.05) is 77.8 Å². The van der Waals surface area contributed by atoms with Gasteiger partial charge in [-0.1, -0.05) is 72.8 Å². The second-order valence-electron chi connectivity index (χ2n) is 10.2. The summed E-state index contributed by atoms with van der Waals surface area (Å²) in [5.41, 5.74) is 8.38. The van der Waals surface area contributed by atoms with Crippen LogP contribution in [0.15, 0.2) is 95.7 Å². The van der Waals surface area contributed by atoms with Gasteiger partial charge < -0.3 is 20.0 Å². The second kappa shape index (κ2) is 12.2. The van der Waals surface area contributed by atoms with Crippen LogP contribution < -0.4 is 16.1 Å². The van der Waals surface area contributed by atoms with Crippen LogP contribution in [0.1, 0.15) is 5.56 Å². The highest BCUT2D eigenvalue weighted by molar-refractivity contribution is 6.05. The number of amides is 2. The number of piperazine rings is 1. The molecule has 0 radical (unpaired) electrons. The van der Waals surface area contributed by atoms with Crippen molar-refractivity contribution in [3.05, 3.63) is 96.8 Å². The Hall–Kier alpha value is -4.73. The van der Waals surface area contributed by atoms with Crippen molar-refractivity contribution in [1.82, 2.24) is 25.3 Å². The first kappa shape index (κ1) is 26.5. The monoisotopic (exact) mass is 547 g/mol. The zero-order valence-corrected chi connectivity index (χ0v) is 23.0. The number of aromatic nitrogens is 2. The minimum Gasteiger partial charge on any atom is -0.437 e. The number of nitrogens with one attached hydrogen (secondary N) is 3. The summed E-state index contributed by atoms with van der Waals surface area (Å²) >= 11 is 0. The molecular formula is C32H33N7O2. The van der Waals surface area contributed by atoms with Crippen LogP contribution in [0.2, 0.25) is 0 Å². The maximum Gasteiger partial charge on any atom is 0.333 e. The predicted molar refractivity (Wildman–Crippen MR) is 163 cm³/mol. The molecule has 3 aromatic carbocycles. The number of urea groups is 1. The molecule has 1 fully saturated rings. The second-order valence-corrected chi connectivity index (χ2v) is 10.2. The summed E-state index contributed by atoms with van der Waals surface area (Å²) in [6, 6.07) is 28.0. The Morgan fingerprint density at radius 1 is 0.854 bits per heavy atom. The van der Waals surface area contributed by atoms with Gasteiger partial charge >= 0.3 is 6.03 Å². The van der Waals surface area contributed by atoms with E-state index >= 15 is 0 Å². The number of nitrogens with zero attached hydrogens (tertiary/aromatic N) is 4. The summed E-state index contributed by atoms with van der Waals surface area (Å²) < 4.78 is 6.31. The number of hydrogen-bond donors (Lipinski definition) is 3. The molecular weight excluding hydrogens is 514 g/mol. The molecule has 1 saturated heterocycles. The summed E-state index contributed by atoms with van der Waals surface area (Å²) in [5, 5.41) is 9.24. The van der Waals surface area contributed by atoms with Gasteiger partial charge in [-0.3, -0.25) is 5.43 Å². The van der Waals surface area contributed by atoms with Crippen molar-refractivity contribution in [3.63, 3.8) is 0 Å². The number of furan rings is 1. The molecule has 41 heavy (non-hydrogen) atoms. The van der Waals surface area contributed by atoms with Crippen LogP contribution in [0.4, 0.5) is 16.3 Å². The summed E-state index contributed by atoms with van der Waals surface area (Å²) in [7, 11) is 2.09. The van der Waals surface area contributed by atoms with E-state index in [1.165, 1.54) is 6.33 Å². The zero-order valence-electron chi connectivity index (χ0n) is 23.0. The summed E-state index contributed by atoms with van der Waals surface area (Å²) in [4.78, 5) is 23.7. The first-order chi connectivity index (χ1) is 20.1. The van der Waals surface area contributed by atoms with Crippen LogP contribution in [-0.4, -0.2) is 65.7 Å². The normalized spacial score (nSPS) is 14.2. The molecule has 2 aromatic heterocycles. The molecule has 0 bridgehead atoms. The first-order valence-corrected chi connectivity index (χ1v) is 13.9. The van der Waals surface area contributed by atoms with E-state index < -0.39 is 0 Å². The standard InChI is InChI=1S/C32H33N7O2/c1-38-18-20-39(21-19-38)37-32(40)36-26-14-12-23(13-15-26)16-17-33-30-28-27(24-8-4-2-5-9-24)29(25-10-6-3-7-11-25)41-31(28)35-22-34-30/h2-15,22H,16-21H2,1H3,(H,33,34,35)(H2,36,37,40). The van der Waals surface area contributed by atoms with E-state index in [2.05, 4.69) is 50.1 Å². The third-order valence-corrected chi connectivity index (χ3v) is 7.27. The average molecular weight is 548 g/mol. The van der Waals surface area contributed by atoms with Crippen molar-refractivity contribution in [2.75, 3.05) is 50.4 Å². The fraction of sp³-hybridized carbons (Fsp3) is 0.219. The molecule has 1 aliphatic rings. The number of carbonyl (C=O) groups excluding carboxylic acids is 1. The van der Waals surface area contributed by atoms with E-state index in [0.29, 0.717) is 12.3 Å². The Balaban J connectivity index is 1.14. The molecule has 0 aliphatic carbocycles. The largest absolute Gasteiger partial charge is 0.437 e. The Morgan fingerprint density at radius 2 is 1.54 bits per heavy atom. The van der Waals surface area contributed by atoms with Gasteiger partial charge in [-0.2, -0.15) is 0 Å².